The SMILES string of the molecule is CCCCN(CCO)c1nc(NC)nc(-n2cccn2)n1. The molecule has 0 saturated heterocycles. The summed E-state index contributed by atoms with van der Waals surface area (Å²) in [4.78, 5) is 15.1. The first-order chi connectivity index (χ1) is 10.3. The highest BCUT2D eigenvalue weighted by molar-refractivity contribution is 5.39. The highest BCUT2D eigenvalue weighted by Crippen LogP contribution is 2.13. The second kappa shape index (κ2) is 7.53. The van der Waals surface area contributed by atoms with Gasteiger partial charge in [0.25, 0.3) is 5.95 Å². The van der Waals surface area contributed by atoms with Crippen molar-refractivity contribution in [3.8, 4) is 5.95 Å². The maximum absolute atomic E-state index is 9.23. The molecule has 0 radical (unpaired) electrons. The van der Waals surface area contributed by atoms with Crippen molar-refractivity contribution in [3.63, 3.8) is 0 Å². The molecule has 0 aliphatic heterocycles. The molecule has 0 aliphatic carbocycles. The quantitative estimate of drug-likeness (QED) is 0.739. The summed E-state index contributed by atoms with van der Waals surface area (Å²) < 4.78 is 1.59. The van der Waals surface area contributed by atoms with E-state index in [1.165, 1.54) is 0 Å². The molecule has 2 aromatic heterocycles. The minimum Gasteiger partial charge on any atom is -0.395 e. The molecule has 0 atom stereocenters. The van der Waals surface area contributed by atoms with Crippen molar-refractivity contribution >= 4 is 11.9 Å². The third kappa shape index (κ3) is 3.88. The lowest BCUT2D eigenvalue weighted by atomic mass is 10.3. The molecule has 114 valence electrons. The van der Waals surface area contributed by atoms with Gasteiger partial charge in [-0.1, -0.05) is 13.3 Å². The number of unbranched alkanes of at least 4 members (excludes halogenated alkanes) is 1. The summed E-state index contributed by atoms with van der Waals surface area (Å²) in [6.45, 7) is 3.47. The van der Waals surface area contributed by atoms with E-state index in [9.17, 15) is 5.11 Å². The smallest absolute Gasteiger partial charge is 0.257 e. The van der Waals surface area contributed by atoms with Gasteiger partial charge in [-0.25, -0.2) is 4.68 Å². The third-order valence-electron chi connectivity index (χ3n) is 2.98. The van der Waals surface area contributed by atoms with Crippen molar-refractivity contribution in [3.05, 3.63) is 18.5 Å². The second-order valence-corrected chi connectivity index (χ2v) is 4.52. The highest BCUT2D eigenvalue weighted by Gasteiger charge is 2.13. The maximum atomic E-state index is 9.23. The van der Waals surface area contributed by atoms with E-state index in [0.717, 1.165) is 19.4 Å². The van der Waals surface area contributed by atoms with Crippen molar-refractivity contribution in [1.29, 1.82) is 0 Å². The van der Waals surface area contributed by atoms with Gasteiger partial charge in [0, 0.05) is 32.5 Å². The monoisotopic (exact) mass is 291 g/mol. The molecular formula is C13H21N7O. The summed E-state index contributed by atoms with van der Waals surface area (Å²) in [6, 6.07) is 1.81. The number of nitrogens with one attached hydrogen (secondary N) is 1. The Hall–Kier alpha value is -2.22. The largest absolute Gasteiger partial charge is 0.395 e. The Morgan fingerprint density at radius 2 is 2.14 bits per heavy atom. The Kier molecular flexibility index (Phi) is 5.44. The van der Waals surface area contributed by atoms with E-state index < -0.39 is 0 Å². The zero-order chi connectivity index (χ0) is 15.1. The average Bonchev–Trinajstić information content (AvgIpc) is 3.05. The standard InChI is InChI=1S/C13H21N7O/c1-3-4-7-19(9-10-21)12-16-11(14-2)17-13(18-12)20-8-5-6-15-20/h5-6,8,21H,3-4,7,9-10H2,1-2H3,(H,14,16,17,18). The van der Waals surface area contributed by atoms with Crippen molar-refractivity contribution in [2.45, 2.75) is 19.8 Å². The lowest BCUT2D eigenvalue weighted by Crippen LogP contribution is -2.30. The van der Waals surface area contributed by atoms with E-state index in [1.54, 1.807) is 24.1 Å². The lowest BCUT2D eigenvalue weighted by Gasteiger charge is -2.22. The van der Waals surface area contributed by atoms with Gasteiger partial charge in [0.05, 0.1) is 6.61 Å². The fourth-order valence-electron chi connectivity index (χ4n) is 1.88. The van der Waals surface area contributed by atoms with Crippen molar-refractivity contribution in [1.82, 2.24) is 24.7 Å². The number of rotatable bonds is 8. The number of hydrogen-bond donors (Lipinski definition) is 2. The van der Waals surface area contributed by atoms with Crippen LogP contribution in [0.2, 0.25) is 0 Å². The summed E-state index contributed by atoms with van der Waals surface area (Å²) in [5.41, 5.74) is 0. The van der Waals surface area contributed by atoms with E-state index in [2.05, 4.69) is 32.3 Å². The number of hydrogen-bond acceptors (Lipinski definition) is 7. The van der Waals surface area contributed by atoms with Crippen LogP contribution in [0.5, 0.6) is 0 Å². The van der Waals surface area contributed by atoms with Gasteiger partial charge in [0.15, 0.2) is 0 Å². The predicted octanol–water partition coefficient (Wildman–Crippen LogP) is 0.698. The van der Waals surface area contributed by atoms with Crippen LogP contribution in [0.3, 0.4) is 0 Å². The molecule has 2 rings (SSSR count). The molecule has 0 spiro atoms. The number of aromatic nitrogens is 5. The van der Waals surface area contributed by atoms with Crippen LogP contribution < -0.4 is 10.2 Å². The molecule has 0 unspecified atom stereocenters. The van der Waals surface area contributed by atoms with E-state index in [0.29, 0.717) is 24.4 Å². The van der Waals surface area contributed by atoms with Crippen LogP contribution in [0, 0.1) is 0 Å². The minimum absolute atomic E-state index is 0.0569. The zero-order valence-corrected chi connectivity index (χ0v) is 12.4. The molecule has 8 heteroatoms. The summed E-state index contributed by atoms with van der Waals surface area (Å²) >= 11 is 0. The van der Waals surface area contributed by atoms with Crippen LogP contribution in [-0.4, -0.2) is 56.6 Å². The van der Waals surface area contributed by atoms with Crippen molar-refractivity contribution in [2.24, 2.45) is 0 Å². The topological polar surface area (TPSA) is 92.0 Å². The Labute approximate surface area is 123 Å². The van der Waals surface area contributed by atoms with Gasteiger partial charge in [-0.15, -0.1) is 0 Å². The molecule has 2 aromatic rings. The maximum Gasteiger partial charge on any atom is 0.257 e. The van der Waals surface area contributed by atoms with E-state index in [1.807, 2.05) is 11.0 Å². The molecule has 0 bridgehead atoms. The molecule has 8 nitrogen and oxygen atoms in total. The van der Waals surface area contributed by atoms with Crippen LogP contribution in [-0.2, 0) is 0 Å². The van der Waals surface area contributed by atoms with Gasteiger partial charge >= 0.3 is 0 Å². The number of nitrogens with zero attached hydrogens (tertiary/aromatic N) is 6. The van der Waals surface area contributed by atoms with Gasteiger partial charge in [-0.2, -0.15) is 20.1 Å². The molecule has 21 heavy (non-hydrogen) atoms. The van der Waals surface area contributed by atoms with Crippen molar-refractivity contribution < 1.29 is 5.11 Å². The zero-order valence-electron chi connectivity index (χ0n) is 12.4. The second-order valence-electron chi connectivity index (χ2n) is 4.52. The molecule has 0 saturated carbocycles. The normalized spacial score (nSPS) is 10.6. The lowest BCUT2D eigenvalue weighted by molar-refractivity contribution is 0.301. The number of aliphatic hydroxyl groups is 1. The Morgan fingerprint density at radius 1 is 1.29 bits per heavy atom. The van der Waals surface area contributed by atoms with Crippen LogP contribution in [0.1, 0.15) is 19.8 Å². The predicted molar refractivity (Wildman–Crippen MR) is 80.7 cm³/mol. The Bertz CT molecular complexity index is 543. The Morgan fingerprint density at radius 3 is 2.76 bits per heavy atom. The van der Waals surface area contributed by atoms with Gasteiger partial charge in [-0.3, -0.25) is 0 Å². The van der Waals surface area contributed by atoms with E-state index in [4.69, 9.17) is 0 Å². The molecular weight excluding hydrogens is 270 g/mol. The van der Waals surface area contributed by atoms with E-state index in [-0.39, 0.29) is 6.61 Å². The molecule has 2 heterocycles. The van der Waals surface area contributed by atoms with Gasteiger partial charge < -0.3 is 15.3 Å². The van der Waals surface area contributed by atoms with Gasteiger partial charge in [-0.05, 0) is 12.5 Å². The molecule has 0 aliphatic rings. The number of anilines is 2. The first kappa shape index (κ1) is 15.2. The average molecular weight is 291 g/mol. The summed E-state index contributed by atoms with van der Waals surface area (Å²) in [5, 5.41) is 16.3. The van der Waals surface area contributed by atoms with Crippen LogP contribution in [0.15, 0.2) is 18.5 Å². The fourth-order valence-corrected chi connectivity index (χ4v) is 1.88. The Balaban J connectivity index is 2.34. The first-order valence-electron chi connectivity index (χ1n) is 7.08. The van der Waals surface area contributed by atoms with Crippen LogP contribution in [0.4, 0.5) is 11.9 Å². The van der Waals surface area contributed by atoms with Gasteiger partial charge in [0.2, 0.25) is 11.9 Å². The van der Waals surface area contributed by atoms with Crippen LogP contribution in [0.25, 0.3) is 5.95 Å². The fraction of sp³-hybridized carbons (Fsp3) is 0.538. The van der Waals surface area contributed by atoms with Crippen LogP contribution >= 0.6 is 0 Å². The molecule has 0 aromatic carbocycles. The van der Waals surface area contributed by atoms with E-state index >= 15 is 0 Å². The van der Waals surface area contributed by atoms with Crippen molar-refractivity contribution in [2.75, 3.05) is 37.0 Å². The first-order valence-corrected chi connectivity index (χ1v) is 7.08. The highest BCUT2D eigenvalue weighted by atomic mass is 16.3. The summed E-state index contributed by atoms with van der Waals surface area (Å²) in [7, 11) is 1.76. The third-order valence-corrected chi connectivity index (χ3v) is 2.98. The van der Waals surface area contributed by atoms with Gasteiger partial charge in [0.1, 0.15) is 0 Å². The molecule has 0 amide bonds. The summed E-state index contributed by atoms with van der Waals surface area (Å²) in [6.07, 6.45) is 5.53. The summed E-state index contributed by atoms with van der Waals surface area (Å²) in [5.74, 6) is 1.47. The number of aliphatic hydroxyl groups excluding tert-OH is 1. The molecule has 0 fully saturated rings. The minimum atomic E-state index is 0.0569. The molecule has 2 N–H and O–H groups in total.